The molecule has 1 aliphatic carbocycles. The van der Waals surface area contributed by atoms with Gasteiger partial charge < -0.3 is 19.3 Å². The van der Waals surface area contributed by atoms with E-state index in [0.717, 1.165) is 78.0 Å². The third kappa shape index (κ3) is 39.0. The molecular weight excluding hydrogens is 781 g/mol. The second kappa shape index (κ2) is 47.8. The highest BCUT2D eigenvalue weighted by Gasteiger charge is 2.22. The maximum atomic E-state index is 13.0. The Labute approximate surface area is 394 Å². The van der Waals surface area contributed by atoms with Gasteiger partial charge in [0.15, 0.2) is 0 Å². The SMILES string of the molecule is CCCCCCCCCCCCOCC(CN(CCCCCC(=O)OCC(CCCCCC)CCCCCCCC)CCN(CCO)C1CCCCCC1)OCCCCCCCC. The lowest BCUT2D eigenvalue weighted by Gasteiger charge is -2.34. The van der Waals surface area contributed by atoms with E-state index in [-0.39, 0.29) is 18.7 Å². The van der Waals surface area contributed by atoms with Crippen LogP contribution in [0.2, 0.25) is 0 Å². The summed E-state index contributed by atoms with van der Waals surface area (Å²) in [5, 5.41) is 10.1. The first-order valence-corrected chi connectivity index (χ1v) is 28.5. The molecule has 0 aliphatic heterocycles. The van der Waals surface area contributed by atoms with Gasteiger partial charge in [-0.15, -0.1) is 0 Å². The van der Waals surface area contributed by atoms with Crippen molar-refractivity contribution in [2.45, 2.75) is 284 Å². The van der Waals surface area contributed by atoms with Crippen LogP contribution >= 0.6 is 0 Å². The molecule has 7 nitrogen and oxygen atoms in total. The highest BCUT2D eigenvalue weighted by Crippen LogP contribution is 2.23. The molecule has 0 spiro atoms. The van der Waals surface area contributed by atoms with Gasteiger partial charge in [0.1, 0.15) is 0 Å². The van der Waals surface area contributed by atoms with E-state index in [1.54, 1.807) is 0 Å². The van der Waals surface area contributed by atoms with Crippen LogP contribution in [0.5, 0.6) is 0 Å². The maximum Gasteiger partial charge on any atom is 0.305 e. The zero-order valence-electron chi connectivity index (χ0n) is 43.1. The summed E-state index contributed by atoms with van der Waals surface area (Å²) in [5.41, 5.74) is 0. The fraction of sp³-hybridized carbons (Fsp3) is 0.982. The van der Waals surface area contributed by atoms with E-state index < -0.39 is 0 Å². The molecule has 1 rings (SSSR count). The first kappa shape index (κ1) is 60.3. The van der Waals surface area contributed by atoms with Crippen molar-refractivity contribution in [3.8, 4) is 0 Å². The third-order valence-corrected chi connectivity index (χ3v) is 14.0. The van der Waals surface area contributed by atoms with Gasteiger partial charge in [-0.1, -0.05) is 214 Å². The molecule has 0 heterocycles. The fourth-order valence-electron chi connectivity index (χ4n) is 9.72. The number of hydrogen-bond acceptors (Lipinski definition) is 7. The average Bonchev–Trinajstić information content (AvgIpc) is 3.58. The Balaban J connectivity index is 2.77. The van der Waals surface area contributed by atoms with Crippen LogP contribution in [0.1, 0.15) is 272 Å². The lowest BCUT2D eigenvalue weighted by atomic mass is 9.95. The molecular formula is C56H112N2O5. The zero-order chi connectivity index (χ0) is 45.5. The molecule has 0 amide bonds. The molecule has 1 aliphatic rings. The Kier molecular flexibility index (Phi) is 45.7. The van der Waals surface area contributed by atoms with Gasteiger partial charge in [0.25, 0.3) is 0 Å². The van der Waals surface area contributed by atoms with Crippen LogP contribution in [-0.4, -0.2) is 98.8 Å². The smallest absolute Gasteiger partial charge is 0.305 e. The summed E-state index contributed by atoms with van der Waals surface area (Å²) < 4.78 is 19.0. The van der Waals surface area contributed by atoms with E-state index in [0.29, 0.717) is 31.6 Å². The molecule has 0 bridgehead atoms. The number of carbonyl (C=O) groups is 1. The topological polar surface area (TPSA) is 71.5 Å². The van der Waals surface area contributed by atoms with Gasteiger partial charge in [-0.2, -0.15) is 0 Å². The second-order valence-corrected chi connectivity index (χ2v) is 20.0. The number of ether oxygens (including phenoxy) is 3. The minimum atomic E-state index is -0.000813. The Morgan fingerprint density at radius 2 is 1.02 bits per heavy atom. The Hall–Kier alpha value is -0.730. The lowest BCUT2D eigenvalue weighted by molar-refractivity contribution is -0.145. The van der Waals surface area contributed by atoms with Crippen LogP contribution in [0.4, 0.5) is 0 Å². The molecule has 2 unspecified atom stereocenters. The second-order valence-electron chi connectivity index (χ2n) is 20.0. The summed E-state index contributed by atoms with van der Waals surface area (Å²) >= 11 is 0. The van der Waals surface area contributed by atoms with Crippen molar-refractivity contribution >= 4 is 5.97 Å². The van der Waals surface area contributed by atoms with Gasteiger partial charge in [-0.3, -0.25) is 14.6 Å². The van der Waals surface area contributed by atoms with E-state index in [1.807, 2.05) is 0 Å². The molecule has 7 heteroatoms. The van der Waals surface area contributed by atoms with Crippen LogP contribution in [0.25, 0.3) is 0 Å². The van der Waals surface area contributed by atoms with Gasteiger partial charge >= 0.3 is 5.97 Å². The highest BCUT2D eigenvalue weighted by atomic mass is 16.5. The molecule has 0 radical (unpaired) electrons. The number of rotatable bonds is 49. The molecule has 63 heavy (non-hydrogen) atoms. The predicted molar refractivity (Wildman–Crippen MR) is 272 cm³/mol. The van der Waals surface area contributed by atoms with Gasteiger partial charge in [0.2, 0.25) is 0 Å². The lowest BCUT2D eigenvalue weighted by Crippen LogP contribution is -2.45. The quantitative estimate of drug-likeness (QED) is 0.0371. The molecule has 2 atom stereocenters. The van der Waals surface area contributed by atoms with Crippen molar-refractivity contribution in [3.05, 3.63) is 0 Å². The molecule has 1 fully saturated rings. The standard InChI is InChI=1S/C56H112N2O5/c1-5-9-13-17-20-21-22-23-27-36-48-61-52-55(62-49-37-28-19-15-11-7-3)50-57(44-45-58(46-47-59)54-40-32-25-26-33-41-54)43-35-29-34-42-56(60)63-51-53(38-30-16-12-8-4)39-31-24-18-14-10-6-2/h53-55,59H,5-52H2,1-4H3. The van der Waals surface area contributed by atoms with Crippen LogP contribution in [0.15, 0.2) is 0 Å². The highest BCUT2D eigenvalue weighted by molar-refractivity contribution is 5.69. The Morgan fingerprint density at radius 3 is 1.57 bits per heavy atom. The van der Waals surface area contributed by atoms with Gasteiger partial charge in [-0.05, 0) is 63.8 Å². The van der Waals surface area contributed by atoms with E-state index in [1.165, 1.54) is 205 Å². The normalized spacial score (nSPS) is 14.8. The van der Waals surface area contributed by atoms with E-state index in [9.17, 15) is 9.90 Å². The molecule has 1 saturated carbocycles. The molecule has 0 saturated heterocycles. The molecule has 0 aromatic heterocycles. The van der Waals surface area contributed by atoms with Gasteiger partial charge in [0, 0.05) is 51.9 Å². The summed E-state index contributed by atoms with van der Waals surface area (Å²) in [6, 6.07) is 0.582. The van der Waals surface area contributed by atoms with E-state index in [2.05, 4.69) is 37.5 Å². The third-order valence-electron chi connectivity index (χ3n) is 14.0. The summed E-state index contributed by atoms with van der Waals surface area (Å²) in [7, 11) is 0. The first-order chi connectivity index (χ1) is 31.1. The van der Waals surface area contributed by atoms with Crippen LogP contribution in [-0.2, 0) is 19.0 Å². The Bertz CT molecular complexity index is 914. The van der Waals surface area contributed by atoms with E-state index >= 15 is 0 Å². The maximum absolute atomic E-state index is 13.0. The predicted octanol–water partition coefficient (Wildman–Crippen LogP) is 15.4. The number of hydrogen-bond donors (Lipinski definition) is 1. The van der Waals surface area contributed by atoms with Crippen molar-refractivity contribution in [1.29, 1.82) is 0 Å². The summed E-state index contributed by atoms with van der Waals surface area (Å²) in [6.45, 7) is 16.9. The van der Waals surface area contributed by atoms with Crippen LogP contribution in [0.3, 0.4) is 0 Å². The van der Waals surface area contributed by atoms with Crippen LogP contribution < -0.4 is 0 Å². The van der Waals surface area contributed by atoms with E-state index in [4.69, 9.17) is 14.2 Å². The number of aliphatic hydroxyl groups is 1. The summed E-state index contributed by atoms with van der Waals surface area (Å²) in [6.07, 6.45) is 47.9. The number of nitrogens with zero attached hydrogens (tertiary/aromatic N) is 2. The molecule has 376 valence electrons. The average molecular weight is 894 g/mol. The number of carbonyl (C=O) groups excluding carboxylic acids is 1. The molecule has 0 aromatic carbocycles. The largest absolute Gasteiger partial charge is 0.465 e. The molecule has 1 N–H and O–H groups in total. The number of unbranched alkanes of at least 4 members (excludes halogenated alkanes) is 24. The molecule has 0 aromatic rings. The Morgan fingerprint density at radius 1 is 0.524 bits per heavy atom. The monoisotopic (exact) mass is 893 g/mol. The summed E-state index contributed by atoms with van der Waals surface area (Å²) in [4.78, 5) is 18.2. The zero-order valence-corrected chi connectivity index (χ0v) is 43.1. The van der Waals surface area contributed by atoms with Gasteiger partial charge in [-0.25, -0.2) is 0 Å². The van der Waals surface area contributed by atoms with Gasteiger partial charge in [0.05, 0.1) is 25.9 Å². The number of aliphatic hydroxyl groups excluding tert-OH is 1. The fourth-order valence-corrected chi connectivity index (χ4v) is 9.72. The van der Waals surface area contributed by atoms with Crippen molar-refractivity contribution in [3.63, 3.8) is 0 Å². The summed E-state index contributed by atoms with van der Waals surface area (Å²) in [5.74, 6) is 0.517. The van der Waals surface area contributed by atoms with Crippen molar-refractivity contribution < 1.29 is 24.1 Å². The minimum Gasteiger partial charge on any atom is -0.465 e. The van der Waals surface area contributed by atoms with Crippen molar-refractivity contribution in [2.75, 3.05) is 65.8 Å². The minimum absolute atomic E-state index is 0.000813. The number of esters is 1. The first-order valence-electron chi connectivity index (χ1n) is 28.5. The van der Waals surface area contributed by atoms with Crippen molar-refractivity contribution in [1.82, 2.24) is 9.80 Å². The van der Waals surface area contributed by atoms with Crippen LogP contribution in [0, 0.1) is 5.92 Å². The van der Waals surface area contributed by atoms with Crippen molar-refractivity contribution in [2.24, 2.45) is 5.92 Å².